The molecule has 1 aromatic rings. The Morgan fingerprint density at radius 1 is 1.48 bits per heavy atom. The summed E-state index contributed by atoms with van der Waals surface area (Å²) in [7, 11) is -4.03. The van der Waals surface area contributed by atoms with Crippen LogP contribution in [0.4, 0.5) is 4.79 Å². The van der Waals surface area contributed by atoms with Crippen molar-refractivity contribution in [2.24, 2.45) is 10.9 Å². The topological polar surface area (TPSA) is 143 Å². The monoisotopic (exact) mass is 316 g/mol. The predicted molar refractivity (Wildman–Crippen MR) is 74.9 cm³/mol. The highest BCUT2D eigenvalue weighted by Crippen LogP contribution is 2.05. The SMILES string of the molecule is CCOC(=O)NS(=O)(=O)NCc1cccc(/C(N)=N/O)c1. The number of nitrogens with two attached hydrogens (primary N) is 1. The largest absolute Gasteiger partial charge is 0.449 e. The van der Waals surface area contributed by atoms with Crippen LogP contribution in [-0.2, 0) is 21.5 Å². The van der Waals surface area contributed by atoms with Crippen LogP contribution in [0.25, 0.3) is 0 Å². The van der Waals surface area contributed by atoms with Crippen molar-refractivity contribution in [2.75, 3.05) is 6.61 Å². The molecule has 0 atom stereocenters. The highest BCUT2D eigenvalue weighted by atomic mass is 32.2. The maximum absolute atomic E-state index is 11.6. The fourth-order valence-corrected chi connectivity index (χ4v) is 2.09. The van der Waals surface area contributed by atoms with Crippen molar-refractivity contribution in [3.8, 4) is 0 Å². The first kappa shape index (κ1) is 16.7. The van der Waals surface area contributed by atoms with Crippen LogP contribution in [0.1, 0.15) is 18.1 Å². The molecule has 0 fully saturated rings. The molecule has 1 aromatic carbocycles. The summed E-state index contributed by atoms with van der Waals surface area (Å²) < 4.78 is 31.4. The van der Waals surface area contributed by atoms with E-state index in [9.17, 15) is 13.2 Å². The van der Waals surface area contributed by atoms with E-state index in [4.69, 9.17) is 10.9 Å². The zero-order valence-corrected chi connectivity index (χ0v) is 12.1. The van der Waals surface area contributed by atoms with E-state index in [1.807, 2.05) is 0 Å². The van der Waals surface area contributed by atoms with Crippen molar-refractivity contribution in [3.63, 3.8) is 0 Å². The molecule has 116 valence electrons. The van der Waals surface area contributed by atoms with Crippen LogP contribution in [0.2, 0.25) is 0 Å². The minimum absolute atomic E-state index is 0.0587. The standard InChI is InChI=1S/C11H16N4O5S/c1-2-20-11(16)15-21(18,19)13-7-8-4-3-5-9(6-8)10(12)14-17/h3-6,13,17H,2,7H2,1H3,(H2,12,14)(H,15,16). The number of amides is 1. The normalized spacial score (nSPS) is 12.0. The number of benzene rings is 1. The van der Waals surface area contributed by atoms with Gasteiger partial charge in [-0.25, -0.2) is 9.52 Å². The summed E-state index contributed by atoms with van der Waals surface area (Å²) in [5.41, 5.74) is 6.43. The van der Waals surface area contributed by atoms with Crippen molar-refractivity contribution in [1.82, 2.24) is 9.44 Å². The van der Waals surface area contributed by atoms with Gasteiger partial charge in [0.1, 0.15) is 0 Å². The number of amidine groups is 1. The molecule has 0 bridgehead atoms. The maximum atomic E-state index is 11.6. The summed E-state index contributed by atoms with van der Waals surface area (Å²) in [6, 6.07) is 6.41. The molecule has 10 heteroatoms. The Labute approximate surface area is 122 Å². The average Bonchev–Trinajstić information content (AvgIpc) is 2.44. The zero-order valence-electron chi connectivity index (χ0n) is 11.2. The number of nitrogens with zero attached hydrogens (tertiary/aromatic N) is 1. The van der Waals surface area contributed by atoms with Gasteiger partial charge in [-0.3, -0.25) is 0 Å². The van der Waals surface area contributed by atoms with Gasteiger partial charge in [-0.2, -0.15) is 13.1 Å². The molecule has 0 aliphatic rings. The molecule has 21 heavy (non-hydrogen) atoms. The molecule has 0 saturated heterocycles. The van der Waals surface area contributed by atoms with Crippen molar-refractivity contribution in [3.05, 3.63) is 35.4 Å². The predicted octanol–water partition coefficient (Wildman–Crippen LogP) is -0.138. The second-order valence-electron chi connectivity index (χ2n) is 3.83. The minimum atomic E-state index is -4.03. The van der Waals surface area contributed by atoms with E-state index >= 15 is 0 Å². The summed E-state index contributed by atoms with van der Waals surface area (Å²) in [5, 5.41) is 11.4. The first-order valence-electron chi connectivity index (χ1n) is 5.89. The Morgan fingerprint density at radius 3 is 2.81 bits per heavy atom. The summed E-state index contributed by atoms with van der Waals surface area (Å²) in [6.07, 6.45) is -1.06. The number of hydrogen-bond acceptors (Lipinski definition) is 6. The zero-order chi connectivity index (χ0) is 15.9. The Hall–Kier alpha value is -2.33. The number of nitrogens with one attached hydrogen (secondary N) is 2. The third-order valence-electron chi connectivity index (χ3n) is 2.29. The minimum Gasteiger partial charge on any atom is -0.449 e. The molecule has 9 nitrogen and oxygen atoms in total. The number of oxime groups is 1. The van der Waals surface area contributed by atoms with Gasteiger partial charge >= 0.3 is 16.3 Å². The molecule has 0 aromatic heterocycles. The van der Waals surface area contributed by atoms with E-state index in [1.54, 1.807) is 35.9 Å². The molecular weight excluding hydrogens is 300 g/mol. The smallest absolute Gasteiger partial charge is 0.421 e. The van der Waals surface area contributed by atoms with Crippen LogP contribution in [0.5, 0.6) is 0 Å². The van der Waals surface area contributed by atoms with Gasteiger partial charge in [0.25, 0.3) is 0 Å². The lowest BCUT2D eigenvalue weighted by Crippen LogP contribution is -2.40. The molecule has 1 rings (SSSR count). The van der Waals surface area contributed by atoms with Crippen LogP contribution >= 0.6 is 0 Å². The van der Waals surface area contributed by atoms with Gasteiger partial charge in [0, 0.05) is 12.1 Å². The summed E-state index contributed by atoms with van der Waals surface area (Å²) in [4.78, 5) is 11.0. The van der Waals surface area contributed by atoms with E-state index in [0.717, 1.165) is 0 Å². The average molecular weight is 316 g/mol. The van der Waals surface area contributed by atoms with Gasteiger partial charge in [-0.15, -0.1) is 0 Å². The third-order valence-corrected chi connectivity index (χ3v) is 3.25. The first-order valence-corrected chi connectivity index (χ1v) is 7.37. The lowest BCUT2D eigenvalue weighted by atomic mass is 10.1. The van der Waals surface area contributed by atoms with Crippen LogP contribution in [0.3, 0.4) is 0 Å². The fraction of sp³-hybridized carbons (Fsp3) is 0.273. The van der Waals surface area contributed by atoms with Crippen LogP contribution in [0.15, 0.2) is 29.4 Å². The van der Waals surface area contributed by atoms with Crippen molar-refractivity contribution in [1.29, 1.82) is 0 Å². The lowest BCUT2D eigenvalue weighted by Gasteiger charge is -2.09. The molecule has 5 N–H and O–H groups in total. The van der Waals surface area contributed by atoms with Crippen molar-refractivity contribution >= 4 is 22.1 Å². The van der Waals surface area contributed by atoms with E-state index in [1.165, 1.54) is 0 Å². The molecule has 1 amide bonds. The number of carbonyl (C=O) groups excluding carboxylic acids is 1. The molecule has 0 radical (unpaired) electrons. The van der Waals surface area contributed by atoms with Gasteiger partial charge in [0.15, 0.2) is 5.84 Å². The van der Waals surface area contributed by atoms with Gasteiger partial charge in [-0.05, 0) is 18.6 Å². The van der Waals surface area contributed by atoms with Crippen LogP contribution in [-0.4, -0.2) is 32.2 Å². The maximum Gasteiger partial charge on any atom is 0.421 e. The van der Waals surface area contributed by atoms with Gasteiger partial charge in [0.2, 0.25) is 0 Å². The van der Waals surface area contributed by atoms with Crippen LogP contribution < -0.4 is 15.2 Å². The second kappa shape index (κ2) is 7.45. The molecule has 0 spiro atoms. The van der Waals surface area contributed by atoms with Gasteiger partial charge in [0.05, 0.1) is 6.61 Å². The lowest BCUT2D eigenvalue weighted by molar-refractivity contribution is 0.158. The van der Waals surface area contributed by atoms with Crippen LogP contribution in [0, 0.1) is 0 Å². The summed E-state index contributed by atoms with van der Waals surface area (Å²) in [5.74, 6) is -0.0932. The van der Waals surface area contributed by atoms with E-state index < -0.39 is 16.3 Å². The van der Waals surface area contributed by atoms with Crippen molar-refractivity contribution in [2.45, 2.75) is 13.5 Å². The number of rotatable bonds is 6. The summed E-state index contributed by atoms with van der Waals surface area (Å²) in [6.45, 7) is 1.53. The molecule has 0 aliphatic heterocycles. The number of ether oxygens (including phenoxy) is 1. The Kier molecular flexibility index (Phi) is 5.93. The second-order valence-corrected chi connectivity index (χ2v) is 5.33. The van der Waals surface area contributed by atoms with E-state index in [-0.39, 0.29) is 19.0 Å². The molecule has 0 aliphatic carbocycles. The van der Waals surface area contributed by atoms with E-state index in [2.05, 4.69) is 14.6 Å². The van der Waals surface area contributed by atoms with Gasteiger partial charge < -0.3 is 15.7 Å². The van der Waals surface area contributed by atoms with Gasteiger partial charge in [-0.1, -0.05) is 23.4 Å². The molecular formula is C11H16N4O5S. The first-order chi connectivity index (χ1) is 9.88. The van der Waals surface area contributed by atoms with E-state index in [0.29, 0.717) is 11.1 Å². The number of carbonyl (C=O) groups is 1. The fourth-order valence-electron chi connectivity index (χ4n) is 1.38. The Balaban J connectivity index is 2.68. The Morgan fingerprint density at radius 2 is 2.19 bits per heavy atom. The van der Waals surface area contributed by atoms with Crippen molar-refractivity contribution < 1.29 is 23.2 Å². The Bertz CT molecular complexity index is 629. The highest BCUT2D eigenvalue weighted by molar-refractivity contribution is 7.88. The summed E-state index contributed by atoms with van der Waals surface area (Å²) >= 11 is 0. The molecule has 0 heterocycles. The highest BCUT2D eigenvalue weighted by Gasteiger charge is 2.14. The number of hydrogen-bond donors (Lipinski definition) is 4. The quantitative estimate of drug-likeness (QED) is 0.249. The molecule has 0 unspecified atom stereocenters. The molecule has 0 saturated carbocycles. The third kappa shape index (κ3) is 5.67.